The first kappa shape index (κ1) is 18.5. The zero-order valence-electron chi connectivity index (χ0n) is 14.7. The van der Waals surface area contributed by atoms with Gasteiger partial charge in [0.2, 0.25) is 0 Å². The van der Waals surface area contributed by atoms with Crippen molar-refractivity contribution < 1.29 is 19.4 Å². The molecular weight excluding hydrogens is 346 g/mol. The Labute approximate surface area is 157 Å². The van der Waals surface area contributed by atoms with E-state index in [4.69, 9.17) is 9.84 Å². The highest BCUT2D eigenvalue weighted by Crippen LogP contribution is 2.24. The number of nitrogens with zero attached hydrogens (tertiary/aromatic N) is 1. The number of carbonyl (C=O) groups excluding carboxylic acids is 2. The Morgan fingerprint density at radius 3 is 2.41 bits per heavy atom. The largest absolute Gasteiger partial charge is 0.492 e. The molecule has 0 aliphatic carbocycles. The Morgan fingerprint density at radius 2 is 1.67 bits per heavy atom. The highest BCUT2D eigenvalue weighted by atomic mass is 16.5. The summed E-state index contributed by atoms with van der Waals surface area (Å²) in [4.78, 5) is 25.1. The highest BCUT2D eigenvalue weighted by molar-refractivity contribution is 6.17. The van der Waals surface area contributed by atoms with Gasteiger partial charge in [-0.25, -0.2) is 0 Å². The molecule has 2 aromatic carbocycles. The van der Waals surface area contributed by atoms with Crippen molar-refractivity contribution in [1.82, 2.24) is 4.90 Å². The van der Waals surface area contributed by atoms with E-state index in [1.807, 2.05) is 54.6 Å². The van der Waals surface area contributed by atoms with Crippen molar-refractivity contribution in [2.75, 3.05) is 36.9 Å². The third kappa shape index (κ3) is 4.65. The van der Waals surface area contributed by atoms with Gasteiger partial charge in [-0.2, -0.15) is 0 Å². The molecule has 3 N–H and O–H groups in total. The summed E-state index contributed by atoms with van der Waals surface area (Å²) in [5.41, 5.74) is 1.65. The number of rotatable bonds is 9. The van der Waals surface area contributed by atoms with Gasteiger partial charge in [0.05, 0.1) is 24.5 Å². The second-order valence-corrected chi connectivity index (χ2v) is 5.84. The molecule has 1 aliphatic heterocycles. The van der Waals surface area contributed by atoms with Crippen LogP contribution in [0, 0.1) is 0 Å². The summed E-state index contributed by atoms with van der Waals surface area (Å²) in [6.45, 7) is 0.757. The number of aliphatic hydroxyl groups is 1. The molecule has 0 radical (unpaired) electrons. The summed E-state index contributed by atoms with van der Waals surface area (Å²) in [6, 6.07) is 16.9. The SMILES string of the molecule is O=C1C=C(Nc2ccccc2NCCOc2ccccc2)C(=O)N1CCO. The number of carbonyl (C=O) groups is 2. The van der Waals surface area contributed by atoms with Gasteiger partial charge in [0.15, 0.2) is 0 Å². The monoisotopic (exact) mass is 367 g/mol. The maximum absolute atomic E-state index is 12.3. The summed E-state index contributed by atoms with van der Waals surface area (Å²) in [5, 5.41) is 15.2. The quantitative estimate of drug-likeness (QED) is 0.463. The first-order valence-electron chi connectivity index (χ1n) is 8.65. The lowest BCUT2D eigenvalue weighted by Crippen LogP contribution is -2.34. The molecule has 140 valence electrons. The molecule has 2 amide bonds. The number of β-amino-alcohol motifs (C(OH)–C–C–N with tert-alkyl or cyclic N) is 1. The Kier molecular flexibility index (Phi) is 6.06. The number of para-hydroxylation sites is 3. The molecule has 0 fully saturated rings. The van der Waals surface area contributed by atoms with Crippen LogP contribution in [0.25, 0.3) is 0 Å². The number of aliphatic hydroxyl groups excluding tert-OH is 1. The molecule has 0 aromatic heterocycles. The van der Waals surface area contributed by atoms with Crippen LogP contribution >= 0.6 is 0 Å². The molecule has 0 spiro atoms. The molecule has 0 saturated heterocycles. The van der Waals surface area contributed by atoms with E-state index >= 15 is 0 Å². The van der Waals surface area contributed by atoms with Crippen molar-refractivity contribution in [1.29, 1.82) is 0 Å². The molecule has 3 rings (SSSR count). The fourth-order valence-corrected chi connectivity index (χ4v) is 2.67. The van der Waals surface area contributed by atoms with E-state index < -0.39 is 11.8 Å². The summed E-state index contributed by atoms with van der Waals surface area (Å²) in [5.74, 6) is -0.0792. The maximum atomic E-state index is 12.3. The van der Waals surface area contributed by atoms with Crippen LogP contribution in [0.15, 0.2) is 66.4 Å². The van der Waals surface area contributed by atoms with Crippen molar-refractivity contribution in [3.8, 4) is 5.75 Å². The molecule has 2 aromatic rings. The van der Waals surface area contributed by atoms with Gasteiger partial charge in [-0.15, -0.1) is 0 Å². The minimum Gasteiger partial charge on any atom is -0.492 e. The van der Waals surface area contributed by atoms with Crippen LogP contribution in [-0.2, 0) is 9.59 Å². The Balaban J connectivity index is 1.58. The van der Waals surface area contributed by atoms with Crippen molar-refractivity contribution in [3.63, 3.8) is 0 Å². The number of nitrogens with one attached hydrogen (secondary N) is 2. The number of benzene rings is 2. The van der Waals surface area contributed by atoms with E-state index in [-0.39, 0.29) is 18.8 Å². The van der Waals surface area contributed by atoms with Crippen molar-refractivity contribution in [2.45, 2.75) is 0 Å². The minimum absolute atomic E-state index is 0.0178. The molecule has 7 nitrogen and oxygen atoms in total. The average Bonchev–Trinajstić information content (AvgIpc) is 2.95. The zero-order valence-corrected chi connectivity index (χ0v) is 14.7. The first-order valence-corrected chi connectivity index (χ1v) is 8.65. The molecule has 0 unspecified atom stereocenters. The molecular formula is C20H21N3O4. The smallest absolute Gasteiger partial charge is 0.277 e. The van der Waals surface area contributed by atoms with Gasteiger partial charge in [0.1, 0.15) is 18.1 Å². The topological polar surface area (TPSA) is 90.9 Å². The van der Waals surface area contributed by atoms with Crippen molar-refractivity contribution in [3.05, 3.63) is 66.4 Å². The average molecular weight is 367 g/mol. The third-order valence-electron chi connectivity index (χ3n) is 3.96. The van der Waals surface area contributed by atoms with Crippen LogP contribution in [0.1, 0.15) is 0 Å². The van der Waals surface area contributed by atoms with Gasteiger partial charge in [-0.1, -0.05) is 30.3 Å². The van der Waals surface area contributed by atoms with E-state index in [2.05, 4.69) is 10.6 Å². The molecule has 0 atom stereocenters. The lowest BCUT2D eigenvalue weighted by Gasteiger charge is -2.16. The van der Waals surface area contributed by atoms with E-state index in [1.54, 1.807) is 0 Å². The minimum atomic E-state index is -0.448. The summed E-state index contributed by atoms with van der Waals surface area (Å²) in [6.07, 6.45) is 1.24. The first-order chi connectivity index (χ1) is 13.2. The summed E-state index contributed by atoms with van der Waals surface area (Å²) >= 11 is 0. The molecule has 27 heavy (non-hydrogen) atoms. The highest BCUT2D eigenvalue weighted by Gasteiger charge is 2.30. The van der Waals surface area contributed by atoms with Crippen molar-refractivity contribution >= 4 is 23.2 Å². The standard InChI is InChI=1S/C20H21N3O4/c24-12-11-23-19(25)14-18(20(23)26)22-17-9-5-4-8-16(17)21-10-13-27-15-6-2-1-3-7-15/h1-9,14,21-22,24H,10-13H2. The van der Waals surface area contributed by atoms with Gasteiger partial charge < -0.3 is 20.5 Å². The van der Waals surface area contributed by atoms with E-state index in [0.717, 1.165) is 16.3 Å². The van der Waals surface area contributed by atoms with E-state index in [9.17, 15) is 9.59 Å². The molecule has 7 heteroatoms. The Bertz CT molecular complexity index is 836. The van der Waals surface area contributed by atoms with E-state index in [1.165, 1.54) is 6.08 Å². The Morgan fingerprint density at radius 1 is 0.963 bits per heavy atom. The van der Waals surface area contributed by atoms with Crippen molar-refractivity contribution in [2.24, 2.45) is 0 Å². The van der Waals surface area contributed by atoms with Gasteiger partial charge in [0, 0.05) is 12.6 Å². The van der Waals surface area contributed by atoms with Gasteiger partial charge >= 0.3 is 0 Å². The maximum Gasteiger partial charge on any atom is 0.277 e. The number of hydrogen-bond acceptors (Lipinski definition) is 6. The number of hydrogen-bond donors (Lipinski definition) is 3. The third-order valence-corrected chi connectivity index (χ3v) is 3.96. The molecule has 1 aliphatic rings. The van der Waals surface area contributed by atoms with Crippen LogP contribution in [0.2, 0.25) is 0 Å². The zero-order chi connectivity index (χ0) is 19.1. The number of amides is 2. The Hall–Kier alpha value is -3.32. The summed E-state index contributed by atoms with van der Waals surface area (Å²) in [7, 11) is 0. The number of anilines is 2. The van der Waals surface area contributed by atoms with Crippen LogP contribution in [-0.4, -0.2) is 48.1 Å². The summed E-state index contributed by atoms with van der Waals surface area (Å²) < 4.78 is 5.65. The van der Waals surface area contributed by atoms with Crippen LogP contribution in [0.5, 0.6) is 5.75 Å². The predicted molar refractivity (Wildman–Crippen MR) is 102 cm³/mol. The normalized spacial score (nSPS) is 13.5. The fraction of sp³-hybridized carbons (Fsp3) is 0.200. The fourth-order valence-electron chi connectivity index (χ4n) is 2.67. The van der Waals surface area contributed by atoms with Crippen LogP contribution in [0.3, 0.4) is 0 Å². The van der Waals surface area contributed by atoms with Crippen LogP contribution in [0.4, 0.5) is 11.4 Å². The lowest BCUT2D eigenvalue weighted by molar-refractivity contribution is -0.137. The number of imide groups is 1. The number of ether oxygens (including phenoxy) is 1. The van der Waals surface area contributed by atoms with Gasteiger partial charge in [-0.05, 0) is 24.3 Å². The predicted octanol–water partition coefficient (Wildman–Crippen LogP) is 1.83. The van der Waals surface area contributed by atoms with Gasteiger partial charge in [0.25, 0.3) is 11.8 Å². The second-order valence-electron chi connectivity index (χ2n) is 5.84. The molecule has 1 heterocycles. The van der Waals surface area contributed by atoms with Crippen LogP contribution < -0.4 is 15.4 Å². The lowest BCUT2D eigenvalue weighted by atomic mass is 10.2. The van der Waals surface area contributed by atoms with Gasteiger partial charge in [-0.3, -0.25) is 14.5 Å². The molecule has 0 bridgehead atoms. The second kappa shape index (κ2) is 8.86. The van der Waals surface area contributed by atoms with E-state index in [0.29, 0.717) is 18.8 Å². The molecule has 0 saturated carbocycles.